The first-order valence-electron chi connectivity index (χ1n) is 10.2. The van der Waals surface area contributed by atoms with Crippen molar-refractivity contribution in [2.75, 3.05) is 37.6 Å². The highest BCUT2D eigenvalue weighted by atomic mass is 16.6. The van der Waals surface area contributed by atoms with Gasteiger partial charge in [0, 0.05) is 51.3 Å². The standard InChI is InChI=1S/C22H30N4O4/c1-22(2,3)30-21(29)25-16-14-24(15-17-25)19(27)10-11-20(28)26(13-7-12-23)18-8-5-4-6-9-18/h4-6,8-9H,7,10-11,13-17H2,1-3H3. The van der Waals surface area contributed by atoms with E-state index in [0.717, 1.165) is 5.69 Å². The van der Waals surface area contributed by atoms with Gasteiger partial charge in [-0.2, -0.15) is 5.26 Å². The van der Waals surface area contributed by atoms with E-state index in [0.29, 0.717) is 32.7 Å². The monoisotopic (exact) mass is 414 g/mol. The Morgan fingerprint density at radius 2 is 1.63 bits per heavy atom. The van der Waals surface area contributed by atoms with Crippen LogP contribution in [0.5, 0.6) is 0 Å². The molecule has 3 amide bonds. The lowest BCUT2D eigenvalue weighted by atomic mass is 10.2. The minimum Gasteiger partial charge on any atom is -0.444 e. The number of benzene rings is 1. The molecule has 2 rings (SSSR count). The quantitative estimate of drug-likeness (QED) is 0.713. The zero-order chi connectivity index (χ0) is 22.1. The first kappa shape index (κ1) is 23.2. The van der Waals surface area contributed by atoms with Gasteiger partial charge in [0.25, 0.3) is 0 Å². The van der Waals surface area contributed by atoms with E-state index in [9.17, 15) is 14.4 Å². The number of hydrogen-bond acceptors (Lipinski definition) is 5. The van der Waals surface area contributed by atoms with Crippen molar-refractivity contribution in [3.8, 4) is 6.07 Å². The van der Waals surface area contributed by atoms with Crippen LogP contribution in [0.15, 0.2) is 30.3 Å². The van der Waals surface area contributed by atoms with Gasteiger partial charge in [-0.3, -0.25) is 9.59 Å². The number of nitriles is 1. The number of ether oxygens (including phenoxy) is 1. The molecule has 8 nitrogen and oxygen atoms in total. The predicted molar refractivity (Wildman–Crippen MR) is 113 cm³/mol. The molecule has 0 saturated carbocycles. The third-order valence-electron chi connectivity index (χ3n) is 4.65. The van der Waals surface area contributed by atoms with Crippen LogP contribution in [-0.2, 0) is 14.3 Å². The van der Waals surface area contributed by atoms with Crippen molar-refractivity contribution in [1.29, 1.82) is 5.26 Å². The lowest BCUT2D eigenvalue weighted by molar-refractivity contribution is -0.134. The van der Waals surface area contributed by atoms with E-state index in [1.165, 1.54) is 0 Å². The maximum atomic E-state index is 12.7. The Morgan fingerprint density at radius 3 is 2.20 bits per heavy atom. The number of carbonyl (C=O) groups excluding carboxylic acids is 3. The van der Waals surface area contributed by atoms with Gasteiger partial charge in [0.1, 0.15) is 5.60 Å². The highest BCUT2D eigenvalue weighted by Gasteiger charge is 2.28. The molecule has 0 spiro atoms. The van der Waals surface area contributed by atoms with Crippen LogP contribution in [0, 0.1) is 11.3 Å². The van der Waals surface area contributed by atoms with Crippen molar-refractivity contribution in [1.82, 2.24) is 9.80 Å². The van der Waals surface area contributed by atoms with Gasteiger partial charge in [-0.15, -0.1) is 0 Å². The lowest BCUT2D eigenvalue weighted by Crippen LogP contribution is -2.51. The molecule has 0 bridgehead atoms. The van der Waals surface area contributed by atoms with E-state index >= 15 is 0 Å². The number of para-hydroxylation sites is 1. The fourth-order valence-electron chi connectivity index (χ4n) is 3.14. The van der Waals surface area contributed by atoms with Crippen LogP contribution in [0.2, 0.25) is 0 Å². The molecule has 1 aliphatic heterocycles. The average molecular weight is 415 g/mol. The highest BCUT2D eigenvalue weighted by Crippen LogP contribution is 2.17. The smallest absolute Gasteiger partial charge is 0.410 e. The molecule has 30 heavy (non-hydrogen) atoms. The van der Waals surface area contributed by atoms with Crippen LogP contribution in [0.25, 0.3) is 0 Å². The van der Waals surface area contributed by atoms with Crippen molar-refractivity contribution in [2.24, 2.45) is 0 Å². The van der Waals surface area contributed by atoms with Gasteiger partial charge in [-0.25, -0.2) is 4.79 Å². The Morgan fingerprint density at radius 1 is 1.03 bits per heavy atom. The van der Waals surface area contributed by atoms with E-state index in [-0.39, 0.29) is 37.2 Å². The Balaban J connectivity index is 1.84. The van der Waals surface area contributed by atoms with Crippen LogP contribution in [-0.4, -0.2) is 66.0 Å². The molecular weight excluding hydrogens is 384 g/mol. The van der Waals surface area contributed by atoms with Crippen LogP contribution in [0.4, 0.5) is 10.5 Å². The summed E-state index contributed by atoms with van der Waals surface area (Å²) in [5.41, 5.74) is 0.164. The first-order valence-corrected chi connectivity index (χ1v) is 10.2. The summed E-state index contributed by atoms with van der Waals surface area (Å²) >= 11 is 0. The summed E-state index contributed by atoms with van der Waals surface area (Å²) in [6.07, 6.45) is 0.0223. The molecule has 0 N–H and O–H groups in total. The maximum absolute atomic E-state index is 12.7. The molecule has 1 aromatic rings. The molecule has 1 aromatic carbocycles. The summed E-state index contributed by atoms with van der Waals surface area (Å²) < 4.78 is 5.36. The summed E-state index contributed by atoms with van der Waals surface area (Å²) in [4.78, 5) is 42.2. The fourth-order valence-corrected chi connectivity index (χ4v) is 3.14. The topological polar surface area (TPSA) is 93.9 Å². The average Bonchev–Trinajstić information content (AvgIpc) is 2.72. The number of rotatable bonds is 6. The summed E-state index contributed by atoms with van der Waals surface area (Å²) in [5.74, 6) is -0.294. The third-order valence-corrected chi connectivity index (χ3v) is 4.65. The highest BCUT2D eigenvalue weighted by molar-refractivity contribution is 5.95. The number of anilines is 1. The van der Waals surface area contributed by atoms with Gasteiger partial charge in [-0.05, 0) is 32.9 Å². The van der Waals surface area contributed by atoms with Gasteiger partial charge in [0.05, 0.1) is 12.5 Å². The van der Waals surface area contributed by atoms with Gasteiger partial charge in [0.15, 0.2) is 0 Å². The summed E-state index contributed by atoms with van der Waals surface area (Å²) in [7, 11) is 0. The van der Waals surface area contributed by atoms with E-state index in [4.69, 9.17) is 10.00 Å². The van der Waals surface area contributed by atoms with Gasteiger partial charge in [0.2, 0.25) is 11.8 Å². The van der Waals surface area contributed by atoms with Crippen molar-refractivity contribution in [3.05, 3.63) is 30.3 Å². The Bertz CT molecular complexity index is 775. The second kappa shape index (κ2) is 10.6. The van der Waals surface area contributed by atoms with Crippen molar-refractivity contribution < 1.29 is 19.1 Å². The zero-order valence-corrected chi connectivity index (χ0v) is 18.0. The summed E-state index contributed by atoms with van der Waals surface area (Å²) in [6.45, 7) is 7.40. The molecule has 0 radical (unpaired) electrons. The first-order chi connectivity index (χ1) is 14.2. The molecule has 1 aliphatic rings. The minimum atomic E-state index is -0.555. The van der Waals surface area contributed by atoms with Gasteiger partial charge in [-0.1, -0.05) is 18.2 Å². The largest absolute Gasteiger partial charge is 0.444 e. The molecule has 0 aliphatic carbocycles. The van der Waals surface area contributed by atoms with Crippen molar-refractivity contribution in [3.63, 3.8) is 0 Å². The lowest BCUT2D eigenvalue weighted by Gasteiger charge is -2.35. The van der Waals surface area contributed by atoms with E-state index in [2.05, 4.69) is 6.07 Å². The maximum Gasteiger partial charge on any atom is 0.410 e. The Labute approximate surface area is 178 Å². The van der Waals surface area contributed by atoms with Gasteiger partial charge < -0.3 is 19.4 Å². The molecule has 0 unspecified atom stereocenters. The third kappa shape index (κ3) is 7.07. The number of amides is 3. The number of piperazine rings is 1. The molecule has 0 aromatic heterocycles. The zero-order valence-electron chi connectivity index (χ0n) is 18.0. The number of hydrogen-bond donors (Lipinski definition) is 0. The predicted octanol–water partition coefficient (Wildman–Crippen LogP) is 2.79. The Kier molecular flexibility index (Phi) is 8.22. The van der Waals surface area contributed by atoms with E-state index < -0.39 is 5.60 Å². The van der Waals surface area contributed by atoms with Crippen molar-refractivity contribution in [2.45, 2.75) is 45.6 Å². The van der Waals surface area contributed by atoms with Gasteiger partial charge >= 0.3 is 6.09 Å². The molecule has 1 fully saturated rings. The second-order valence-corrected chi connectivity index (χ2v) is 8.14. The SMILES string of the molecule is CC(C)(C)OC(=O)N1CCN(C(=O)CCC(=O)N(CCC#N)c2ccccc2)CC1. The number of carbonyl (C=O) groups is 3. The fraction of sp³-hybridized carbons (Fsp3) is 0.545. The van der Waals surface area contributed by atoms with Crippen molar-refractivity contribution >= 4 is 23.6 Å². The minimum absolute atomic E-state index is 0.0748. The molecule has 1 heterocycles. The Hall–Kier alpha value is -3.08. The van der Waals surface area contributed by atoms with Crippen LogP contribution in [0.1, 0.15) is 40.0 Å². The summed E-state index contributed by atoms with van der Waals surface area (Å²) in [5, 5.41) is 8.87. The second-order valence-electron chi connectivity index (χ2n) is 8.14. The van der Waals surface area contributed by atoms with Crippen LogP contribution >= 0.6 is 0 Å². The molecule has 162 valence electrons. The number of nitrogens with zero attached hydrogens (tertiary/aromatic N) is 4. The van der Waals surface area contributed by atoms with E-state index in [1.54, 1.807) is 14.7 Å². The normalized spacial score (nSPS) is 14.1. The van der Waals surface area contributed by atoms with E-state index in [1.807, 2.05) is 51.1 Å². The molecule has 0 atom stereocenters. The van der Waals surface area contributed by atoms with Crippen LogP contribution < -0.4 is 4.90 Å². The van der Waals surface area contributed by atoms with Crippen LogP contribution in [0.3, 0.4) is 0 Å². The summed E-state index contributed by atoms with van der Waals surface area (Å²) in [6, 6.07) is 11.2. The molecule has 8 heteroatoms. The molecule has 1 saturated heterocycles. The molecular formula is C22H30N4O4.